The fourth-order valence-corrected chi connectivity index (χ4v) is 2.71. The number of carbonyl (C=O) groups is 1. The number of nitrogens with one attached hydrogen (secondary N) is 1. The molecule has 0 atom stereocenters. The highest BCUT2D eigenvalue weighted by Gasteiger charge is 2.08. The van der Waals surface area contributed by atoms with Crippen LogP contribution in [0, 0.1) is 3.57 Å². The predicted molar refractivity (Wildman–Crippen MR) is 96.6 cm³/mol. The van der Waals surface area contributed by atoms with Crippen molar-refractivity contribution in [1.29, 1.82) is 0 Å². The smallest absolute Gasteiger partial charge is 0.271 e. The van der Waals surface area contributed by atoms with Gasteiger partial charge in [-0.2, -0.15) is 5.10 Å². The van der Waals surface area contributed by atoms with E-state index >= 15 is 0 Å². The van der Waals surface area contributed by atoms with Crippen LogP contribution in [0.4, 0.5) is 0 Å². The molecular weight excluding hydrogens is 463 g/mol. The standard InChI is InChI=1S/C15H12BrIN2O3/c1-22-13-6-9(5-12(17)14(13)20)8-18-19-15(21)10-3-2-4-11(16)7-10/h2-8,20H,1H3,(H,19,21)/b18-8-. The minimum Gasteiger partial charge on any atom is -0.504 e. The summed E-state index contributed by atoms with van der Waals surface area (Å²) < 4.78 is 6.52. The Morgan fingerprint density at radius 3 is 2.86 bits per heavy atom. The van der Waals surface area contributed by atoms with Gasteiger partial charge in [0.1, 0.15) is 0 Å². The molecule has 0 aliphatic rings. The molecule has 0 unspecified atom stereocenters. The lowest BCUT2D eigenvalue weighted by Crippen LogP contribution is -2.17. The quantitative estimate of drug-likeness (QED) is 0.404. The first-order valence-electron chi connectivity index (χ1n) is 6.16. The van der Waals surface area contributed by atoms with Crippen LogP contribution in [-0.2, 0) is 0 Å². The van der Waals surface area contributed by atoms with E-state index in [1.807, 2.05) is 28.7 Å². The molecule has 0 aliphatic heterocycles. The molecule has 0 fully saturated rings. The van der Waals surface area contributed by atoms with Crippen LogP contribution in [0.15, 0.2) is 46.0 Å². The number of nitrogens with zero attached hydrogens (tertiary/aromatic N) is 1. The van der Waals surface area contributed by atoms with Crippen LogP contribution in [0.25, 0.3) is 0 Å². The molecule has 2 N–H and O–H groups in total. The molecule has 0 heterocycles. The Kier molecular flexibility index (Phi) is 5.78. The molecule has 0 spiro atoms. The average molecular weight is 475 g/mol. The van der Waals surface area contributed by atoms with Crippen molar-refractivity contribution in [3.8, 4) is 11.5 Å². The lowest BCUT2D eigenvalue weighted by molar-refractivity contribution is 0.0955. The second-order valence-corrected chi connectivity index (χ2v) is 6.34. The maximum Gasteiger partial charge on any atom is 0.271 e. The molecule has 0 bridgehead atoms. The number of amides is 1. The van der Waals surface area contributed by atoms with Crippen molar-refractivity contribution in [2.24, 2.45) is 5.10 Å². The van der Waals surface area contributed by atoms with Crippen LogP contribution in [0.5, 0.6) is 11.5 Å². The van der Waals surface area contributed by atoms with E-state index in [1.54, 1.807) is 30.3 Å². The number of hydrogen-bond donors (Lipinski definition) is 2. The minimum absolute atomic E-state index is 0.0819. The molecule has 114 valence electrons. The number of methoxy groups -OCH3 is 1. The van der Waals surface area contributed by atoms with Crippen molar-refractivity contribution in [2.45, 2.75) is 0 Å². The average Bonchev–Trinajstić information content (AvgIpc) is 2.50. The van der Waals surface area contributed by atoms with Crippen LogP contribution >= 0.6 is 38.5 Å². The highest BCUT2D eigenvalue weighted by atomic mass is 127. The van der Waals surface area contributed by atoms with Crippen LogP contribution in [0.1, 0.15) is 15.9 Å². The summed E-state index contributed by atoms with van der Waals surface area (Å²) >= 11 is 5.30. The lowest BCUT2D eigenvalue weighted by atomic mass is 10.2. The summed E-state index contributed by atoms with van der Waals surface area (Å²) in [5, 5.41) is 13.7. The van der Waals surface area contributed by atoms with E-state index in [4.69, 9.17) is 4.74 Å². The van der Waals surface area contributed by atoms with Crippen molar-refractivity contribution in [3.63, 3.8) is 0 Å². The van der Waals surface area contributed by atoms with Gasteiger partial charge in [-0.05, 0) is 58.5 Å². The number of hydrogen-bond acceptors (Lipinski definition) is 4. The van der Waals surface area contributed by atoms with Gasteiger partial charge in [0, 0.05) is 10.0 Å². The van der Waals surface area contributed by atoms with Gasteiger partial charge >= 0.3 is 0 Å². The maximum atomic E-state index is 11.9. The summed E-state index contributed by atoms with van der Waals surface area (Å²) in [6, 6.07) is 10.4. The highest BCUT2D eigenvalue weighted by molar-refractivity contribution is 14.1. The molecule has 0 aliphatic carbocycles. The molecule has 22 heavy (non-hydrogen) atoms. The summed E-state index contributed by atoms with van der Waals surface area (Å²) in [5.74, 6) is 0.128. The number of carbonyl (C=O) groups excluding carboxylic acids is 1. The molecule has 2 aromatic rings. The van der Waals surface area contributed by atoms with Crippen molar-refractivity contribution < 1.29 is 14.6 Å². The maximum absolute atomic E-state index is 11.9. The summed E-state index contributed by atoms with van der Waals surface area (Å²) in [5.41, 5.74) is 3.66. The number of rotatable bonds is 4. The number of hydrazone groups is 1. The van der Waals surface area contributed by atoms with Gasteiger partial charge in [0.25, 0.3) is 5.91 Å². The van der Waals surface area contributed by atoms with Gasteiger partial charge in [0.2, 0.25) is 0 Å². The second kappa shape index (κ2) is 7.59. The zero-order chi connectivity index (χ0) is 16.1. The van der Waals surface area contributed by atoms with Crippen LogP contribution in [0.3, 0.4) is 0 Å². The Balaban J connectivity index is 2.10. The Labute approximate surface area is 149 Å². The zero-order valence-corrected chi connectivity index (χ0v) is 15.3. The molecule has 0 saturated carbocycles. The van der Waals surface area contributed by atoms with E-state index in [1.165, 1.54) is 13.3 Å². The van der Waals surface area contributed by atoms with Crippen molar-refractivity contribution in [2.75, 3.05) is 7.11 Å². The summed E-state index contributed by atoms with van der Waals surface area (Å²) in [6.07, 6.45) is 1.49. The number of phenols is 1. The molecular formula is C15H12BrIN2O3. The molecule has 5 nitrogen and oxygen atoms in total. The Hall–Kier alpha value is -1.61. The van der Waals surface area contributed by atoms with Gasteiger partial charge < -0.3 is 9.84 Å². The van der Waals surface area contributed by atoms with Gasteiger partial charge in [-0.1, -0.05) is 22.0 Å². The van der Waals surface area contributed by atoms with E-state index < -0.39 is 0 Å². The van der Waals surface area contributed by atoms with Crippen molar-refractivity contribution in [1.82, 2.24) is 5.43 Å². The third-order valence-corrected chi connectivity index (χ3v) is 4.05. The van der Waals surface area contributed by atoms with E-state index in [9.17, 15) is 9.90 Å². The van der Waals surface area contributed by atoms with E-state index in [2.05, 4.69) is 26.5 Å². The third kappa shape index (κ3) is 4.20. The number of halogens is 2. The van der Waals surface area contributed by atoms with Crippen molar-refractivity contribution >= 4 is 50.6 Å². The molecule has 1 amide bonds. The summed E-state index contributed by atoms with van der Waals surface area (Å²) in [7, 11) is 1.47. The first kappa shape index (κ1) is 16.8. The Morgan fingerprint density at radius 2 is 2.18 bits per heavy atom. The molecule has 2 rings (SSSR count). The van der Waals surface area contributed by atoms with Gasteiger partial charge in [-0.15, -0.1) is 0 Å². The number of ether oxygens (including phenoxy) is 1. The second-order valence-electron chi connectivity index (χ2n) is 4.26. The van der Waals surface area contributed by atoms with Gasteiger partial charge in [-0.3, -0.25) is 4.79 Å². The molecule has 7 heteroatoms. The largest absolute Gasteiger partial charge is 0.504 e. The fourth-order valence-electron chi connectivity index (χ4n) is 1.68. The van der Waals surface area contributed by atoms with E-state index in [0.717, 1.165) is 4.47 Å². The molecule has 2 aromatic carbocycles. The van der Waals surface area contributed by atoms with Gasteiger partial charge in [-0.25, -0.2) is 5.43 Å². The topological polar surface area (TPSA) is 70.9 Å². The zero-order valence-electron chi connectivity index (χ0n) is 11.5. The molecule has 0 aromatic heterocycles. The highest BCUT2D eigenvalue weighted by Crippen LogP contribution is 2.31. The van der Waals surface area contributed by atoms with Crippen LogP contribution in [-0.4, -0.2) is 24.3 Å². The molecule has 0 saturated heterocycles. The Morgan fingerprint density at radius 1 is 1.41 bits per heavy atom. The number of aromatic hydroxyl groups is 1. The first-order chi connectivity index (χ1) is 10.5. The number of phenolic OH excluding ortho intramolecular Hbond substituents is 1. The predicted octanol–water partition coefficient (Wildman–Crippen LogP) is 3.53. The third-order valence-electron chi connectivity index (χ3n) is 2.74. The summed E-state index contributed by atoms with van der Waals surface area (Å²) in [6.45, 7) is 0. The van der Waals surface area contributed by atoms with Gasteiger partial charge in [0.05, 0.1) is 16.9 Å². The van der Waals surface area contributed by atoms with Crippen molar-refractivity contribution in [3.05, 3.63) is 55.6 Å². The lowest BCUT2D eigenvalue weighted by Gasteiger charge is -2.06. The number of benzene rings is 2. The van der Waals surface area contributed by atoms with E-state index in [-0.39, 0.29) is 11.7 Å². The SMILES string of the molecule is COc1cc(/C=N\NC(=O)c2cccc(Br)c2)cc(I)c1O. The normalized spacial score (nSPS) is 10.7. The van der Waals surface area contributed by atoms with Crippen LogP contribution < -0.4 is 10.2 Å². The Bertz CT molecular complexity index is 735. The monoisotopic (exact) mass is 474 g/mol. The van der Waals surface area contributed by atoms with Crippen LogP contribution in [0.2, 0.25) is 0 Å². The fraction of sp³-hybridized carbons (Fsp3) is 0.0667. The minimum atomic E-state index is -0.307. The van der Waals surface area contributed by atoms with E-state index in [0.29, 0.717) is 20.4 Å². The van der Waals surface area contributed by atoms with Gasteiger partial charge in [0.15, 0.2) is 11.5 Å². The molecule has 0 radical (unpaired) electrons. The first-order valence-corrected chi connectivity index (χ1v) is 8.04. The summed E-state index contributed by atoms with van der Waals surface area (Å²) in [4.78, 5) is 11.9.